The molecule has 1 N–H and O–H groups in total. The molecular formula is C20H23N3O5. The number of nitrogens with zero attached hydrogens (tertiary/aromatic N) is 2. The number of aryl methyl sites for hydroxylation is 1. The Bertz CT molecular complexity index is 913. The second kappa shape index (κ2) is 8.26. The molecule has 0 bridgehead atoms. The van der Waals surface area contributed by atoms with Crippen molar-refractivity contribution in [2.24, 2.45) is 0 Å². The van der Waals surface area contributed by atoms with Crippen LogP contribution in [0.3, 0.4) is 0 Å². The van der Waals surface area contributed by atoms with Crippen molar-refractivity contribution in [3.05, 3.63) is 57.1 Å². The van der Waals surface area contributed by atoms with Crippen molar-refractivity contribution in [3.63, 3.8) is 0 Å². The smallest absolute Gasteiger partial charge is 0.293 e. The van der Waals surface area contributed by atoms with Crippen molar-refractivity contribution in [2.45, 2.75) is 19.9 Å². The Morgan fingerprint density at radius 2 is 1.86 bits per heavy atom. The Kier molecular flexibility index (Phi) is 5.79. The molecule has 0 aromatic heterocycles. The van der Waals surface area contributed by atoms with Gasteiger partial charge in [0.05, 0.1) is 25.7 Å². The van der Waals surface area contributed by atoms with Crippen molar-refractivity contribution in [3.8, 4) is 11.5 Å². The van der Waals surface area contributed by atoms with Crippen LogP contribution in [0.2, 0.25) is 0 Å². The number of nitro benzene ring substituents is 1. The highest BCUT2D eigenvalue weighted by molar-refractivity contribution is 5.94. The minimum atomic E-state index is -0.487. The van der Waals surface area contributed by atoms with Crippen molar-refractivity contribution in [1.29, 1.82) is 0 Å². The van der Waals surface area contributed by atoms with Crippen molar-refractivity contribution in [2.75, 3.05) is 32.6 Å². The molecule has 0 saturated heterocycles. The van der Waals surface area contributed by atoms with Gasteiger partial charge in [0.2, 0.25) is 5.91 Å². The lowest BCUT2D eigenvalue weighted by Gasteiger charge is -2.29. The summed E-state index contributed by atoms with van der Waals surface area (Å²) in [7, 11) is 3.20. The molecule has 2 aromatic carbocycles. The van der Waals surface area contributed by atoms with E-state index >= 15 is 0 Å². The van der Waals surface area contributed by atoms with Crippen LogP contribution in [0.4, 0.5) is 11.4 Å². The van der Waals surface area contributed by atoms with E-state index in [2.05, 4.69) is 5.32 Å². The molecule has 148 valence electrons. The Balaban J connectivity index is 1.69. The Morgan fingerprint density at radius 1 is 1.18 bits per heavy atom. The lowest BCUT2D eigenvalue weighted by Crippen LogP contribution is -2.37. The Labute approximate surface area is 163 Å². The topological polar surface area (TPSA) is 93.9 Å². The summed E-state index contributed by atoms with van der Waals surface area (Å²) in [5.74, 6) is 1.07. The first kappa shape index (κ1) is 19.6. The van der Waals surface area contributed by atoms with Gasteiger partial charge < -0.3 is 14.8 Å². The Hall–Kier alpha value is -3.13. The largest absolute Gasteiger partial charge is 0.493 e. The van der Waals surface area contributed by atoms with E-state index in [1.807, 2.05) is 17.0 Å². The van der Waals surface area contributed by atoms with E-state index in [4.69, 9.17) is 9.47 Å². The quantitative estimate of drug-likeness (QED) is 0.607. The molecule has 0 unspecified atom stereocenters. The summed E-state index contributed by atoms with van der Waals surface area (Å²) in [5.41, 5.74) is 3.13. The highest BCUT2D eigenvalue weighted by atomic mass is 16.6. The molecule has 0 fully saturated rings. The molecule has 8 heteroatoms. The highest BCUT2D eigenvalue weighted by Crippen LogP contribution is 2.33. The number of nitrogens with one attached hydrogen (secondary N) is 1. The fraction of sp³-hybridized carbons (Fsp3) is 0.350. The van der Waals surface area contributed by atoms with Crippen LogP contribution in [0.25, 0.3) is 0 Å². The van der Waals surface area contributed by atoms with E-state index in [1.54, 1.807) is 33.3 Å². The zero-order chi connectivity index (χ0) is 20.3. The number of anilines is 1. The average molecular weight is 385 g/mol. The molecule has 0 saturated carbocycles. The number of carbonyl (C=O) groups excluding carboxylic acids is 1. The molecule has 2 aromatic rings. The van der Waals surface area contributed by atoms with E-state index in [1.165, 1.54) is 11.6 Å². The van der Waals surface area contributed by atoms with Crippen LogP contribution in [0, 0.1) is 17.0 Å². The van der Waals surface area contributed by atoms with Crippen LogP contribution in [-0.4, -0.2) is 43.0 Å². The molecule has 0 radical (unpaired) electrons. The third-order valence-electron chi connectivity index (χ3n) is 4.79. The summed E-state index contributed by atoms with van der Waals surface area (Å²) in [4.78, 5) is 25.2. The summed E-state index contributed by atoms with van der Waals surface area (Å²) in [6.07, 6.45) is 0.785. The fourth-order valence-corrected chi connectivity index (χ4v) is 3.37. The zero-order valence-corrected chi connectivity index (χ0v) is 16.2. The predicted octanol–water partition coefficient (Wildman–Crippen LogP) is 2.92. The fourth-order valence-electron chi connectivity index (χ4n) is 3.37. The van der Waals surface area contributed by atoms with Crippen molar-refractivity contribution >= 4 is 17.3 Å². The maximum absolute atomic E-state index is 12.5. The lowest BCUT2D eigenvalue weighted by molar-refractivity contribution is -0.384. The van der Waals surface area contributed by atoms with E-state index in [0.29, 0.717) is 24.6 Å². The minimum Gasteiger partial charge on any atom is -0.493 e. The molecule has 3 rings (SSSR count). The second-order valence-electron chi connectivity index (χ2n) is 6.76. The third-order valence-corrected chi connectivity index (χ3v) is 4.79. The van der Waals surface area contributed by atoms with E-state index in [0.717, 1.165) is 17.5 Å². The molecule has 0 aliphatic carbocycles. The van der Waals surface area contributed by atoms with E-state index in [-0.39, 0.29) is 23.8 Å². The number of rotatable bonds is 6. The summed E-state index contributed by atoms with van der Waals surface area (Å²) in [6.45, 7) is 3.23. The minimum absolute atomic E-state index is 0.103. The standard InChI is InChI=1S/C20H23N3O5/c1-13-4-5-16(17(8-13)23(25)26)21-20(24)12-22-7-6-14-9-18(27-2)19(28-3)10-15(14)11-22/h4-5,8-10H,6-7,11-12H2,1-3H3,(H,21,24). The summed E-state index contributed by atoms with van der Waals surface area (Å²) < 4.78 is 10.7. The van der Waals surface area contributed by atoms with Gasteiger partial charge in [-0.2, -0.15) is 0 Å². The first-order valence-corrected chi connectivity index (χ1v) is 8.92. The van der Waals surface area contributed by atoms with Crippen LogP contribution in [-0.2, 0) is 17.8 Å². The summed E-state index contributed by atoms with van der Waals surface area (Å²) in [5, 5.41) is 13.9. The Morgan fingerprint density at radius 3 is 2.50 bits per heavy atom. The molecule has 1 aliphatic heterocycles. The average Bonchev–Trinajstić information content (AvgIpc) is 2.67. The molecule has 0 atom stereocenters. The van der Waals surface area contributed by atoms with Gasteiger partial charge in [0.1, 0.15) is 5.69 Å². The van der Waals surface area contributed by atoms with Gasteiger partial charge in [-0.15, -0.1) is 0 Å². The van der Waals surface area contributed by atoms with Crippen molar-refractivity contribution < 1.29 is 19.2 Å². The monoisotopic (exact) mass is 385 g/mol. The molecule has 1 heterocycles. The second-order valence-corrected chi connectivity index (χ2v) is 6.76. The number of methoxy groups -OCH3 is 2. The van der Waals surface area contributed by atoms with Gasteiger partial charge in [-0.1, -0.05) is 6.07 Å². The number of carbonyl (C=O) groups is 1. The number of benzene rings is 2. The van der Waals surface area contributed by atoms with E-state index in [9.17, 15) is 14.9 Å². The highest BCUT2D eigenvalue weighted by Gasteiger charge is 2.22. The SMILES string of the molecule is COc1cc2c(cc1OC)CN(CC(=O)Nc1ccc(C)cc1[N+](=O)[O-])CC2. The van der Waals surface area contributed by atoms with Gasteiger partial charge in [-0.3, -0.25) is 19.8 Å². The van der Waals surface area contributed by atoms with Crippen LogP contribution >= 0.6 is 0 Å². The predicted molar refractivity (Wildman–Crippen MR) is 105 cm³/mol. The molecular weight excluding hydrogens is 362 g/mol. The lowest BCUT2D eigenvalue weighted by atomic mass is 9.99. The van der Waals surface area contributed by atoms with Crippen LogP contribution in [0.5, 0.6) is 11.5 Å². The number of nitro groups is 1. The number of amides is 1. The maximum atomic E-state index is 12.5. The number of hydrogen-bond acceptors (Lipinski definition) is 6. The molecule has 28 heavy (non-hydrogen) atoms. The van der Waals surface area contributed by atoms with Crippen LogP contribution in [0.15, 0.2) is 30.3 Å². The number of fused-ring (bicyclic) bond motifs is 1. The molecule has 1 amide bonds. The van der Waals surface area contributed by atoms with Gasteiger partial charge in [-0.25, -0.2) is 0 Å². The van der Waals surface area contributed by atoms with Crippen molar-refractivity contribution in [1.82, 2.24) is 4.90 Å². The zero-order valence-electron chi connectivity index (χ0n) is 16.2. The van der Waals surface area contributed by atoms with Crippen LogP contribution in [0.1, 0.15) is 16.7 Å². The molecule has 1 aliphatic rings. The number of ether oxygens (including phenoxy) is 2. The summed E-state index contributed by atoms with van der Waals surface area (Å²) >= 11 is 0. The normalized spacial score (nSPS) is 13.5. The maximum Gasteiger partial charge on any atom is 0.293 e. The first-order valence-electron chi connectivity index (χ1n) is 8.92. The van der Waals surface area contributed by atoms with Gasteiger partial charge in [0.15, 0.2) is 11.5 Å². The van der Waals surface area contributed by atoms with Crippen LogP contribution < -0.4 is 14.8 Å². The molecule has 8 nitrogen and oxygen atoms in total. The molecule has 0 spiro atoms. The first-order chi connectivity index (χ1) is 13.4. The van der Waals surface area contributed by atoms with Gasteiger partial charge >= 0.3 is 0 Å². The van der Waals surface area contributed by atoms with Gasteiger partial charge in [0.25, 0.3) is 5.69 Å². The third kappa shape index (κ3) is 4.23. The van der Waals surface area contributed by atoms with E-state index < -0.39 is 4.92 Å². The van der Waals surface area contributed by atoms with Gasteiger partial charge in [-0.05, 0) is 48.2 Å². The number of hydrogen-bond donors (Lipinski definition) is 1. The van der Waals surface area contributed by atoms with Gasteiger partial charge in [0, 0.05) is 19.2 Å². The summed E-state index contributed by atoms with van der Waals surface area (Å²) in [6, 6.07) is 8.66.